The first-order chi connectivity index (χ1) is 18.5. The molecule has 0 saturated carbocycles. The van der Waals surface area contributed by atoms with Gasteiger partial charge in [0.25, 0.3) is 5.91 Å². The number of carbonyl (C=O) groups is 1. The third kappa shape index (κ3) is 5.07. The molecule has 0 radical (unpaired) electrons. The second kappa shape index (κ2) is 9.77. The van der Waals surface area contributed by atoms with Crippen molar-refractivity contribution < 1.29 is 22.5 Å². The SMILES string of the molecule is Cc1nc(-c2cccc(Oc3cccc(S(=O)(=O)c4ccnc(N5CC(C)CC5(C)C)c4C(N)=O)n3)c2)no1. The van der Waals surface area contributed by atoms with Gasteiger partial charge in [-0.3, -0.25) is 4.79 Å². The van der Waals surface area contributed by atoms with Crippen LogP contribution in [0.1, 0.15) is 43.4 Å². The molecule has 1 aromatic carbocycles. The molecule has 4 heterocycles. The van der Waals surface area contributed by atoms with Gasteiger partial charge in [0.1, 0.15) is 17.1 Å². The fraction of sp³-hybridized carbons (Fsp3) is 0.296. The van der Waals surface area contributed by atoms with Gasteiger partial charge in [-0.1, -0.05) is 30.3 Å². The average Bonchev–Trinajstić information content (AvgIpc) is 3.44. The molecular weight excluding hydrogens is 520 g/mol. The van der Waals surface area contributed by atoms with E-state index in [9.17, 15) is 13.2 Å². The van der Waals surface area contributed by atoms with Gasteiger partial charge in [0, 0.05) is 36.8 Å². The summed E-state index contributed by atoms with van der Waals surface area (Å²) in [6.45, 7) is 8.46. The third-order valence-electron chi connectivity index (χ3n) is 6.57. The molecule has 2 N–H and O–H groups in total. The highest BCUT2D eigenvalue weighted by Crippen LogP contribution is 2.39. The Balaban J connectivity index is 1.51. The second-order valence-electron chi connectivity index (χ2n) is 10.2. The van der Waals surface area contributed by atoms with Crippen molar-refractivity contribution in [3.8, 4) is 23.0 Å². The van der Waals surface area contributed by atoms with Crippen LogP contribution in [0.4, 0.5) is 5.82 Å². The number of amides is 1. The van der Waals surface area contributed by atoms with Crippen molar-refractivity contribution in [2.45, 2.75) is 49.6 Å². The number of sulfone groups is 1. The second-order valence-corrected chi connectivity index (χ2v) is 12.1. The van der Waals surface area contributed by atoms with Crippen LogP contribution in [-0.4, -0.2) is 46.5 Å². The molecule has 3 aromatic heterocycles. The van der Waals surface area contributed by atoms with Crippen LogP contribution in [0.2, 0.25) is 0 Å². The van der Waals surface area contributed by atoms with Crippen molar-refractivity contribution in [2.24, 2.45) is 11.7 Å². The molecule has 1 atom stereocenters. The quantitative estimate of drug-likeness (QED) is 0.355. The molecule has 1 amide bonds. The monoisotopic (exact) mass is 548 g/mol. The third-order valence-corrected chi connectivity index (χ3v) is 8.27. The topological polar surface area (TPSA) is 154 Å². The van der Waals surface area contributed by atoms with E-state index in [1.807, 2.05) is 18.7 Å². The van der Waals surface area contributed by atoms with Crippen molar-refractivity contribution >= 4 is 21.6 Å². The molecule has 1 saturated heterocycles. The first-order valence-electron chi connectivity index (χ1n) is 12.3. The molecule has 4 aromatic rings. The van der Waals surface area contributed by atoms with E-state index in [2.05, 4.69) is 27.0 Å². The van der Waals surface area contributed by atoms with Gasteiger partial charge in [0.05, 0.1) is 4.90 Å². The van der Waals surface area contributed by atoms with Crippen molar-refractivity contribution in [2.75, 3.05) is 11.4 Å². The van der Waals surface area contributed by atoms with Crippen LogP contribution < -0.4 is 15.4 Å². The first-order valence-corrected chi connectivity index (χ1v) is 13.8. The Morgan fingerprint density at radius 1 is 1.15 bits per heavy atom. The molecule has 1 aliphatic rings. The normalized spacial score (nSPS) is 16.8. The summed E-state index contributed by atoms with van der Waals surface area (Å²) in [4.78, 5) is 27.2. The number of benzene rings is 1. The van der Waals surface area contributed by atoms with Crippen LogP contribution >= 0.6 is 0 Å². The molecule has 0 aliphatic carbocycles. The molecule has 1 aliphatic heterocycles. The van der Waals surface area contributed by atoms with Crippen LogP contribution in [0, 0.1) is 12.8 Å². The molecule has 0 bridgehead atoms. The fourth-order valence-corrected chi connectivity index (χ4v) is 6.40. The zero-order chi connectivity index (χ0) is 27.9. The number of pyridine rings is 2. The van der Waals surface area contributed by atoms with E-state index < -0.39 is 15.7 Å². The number of aromatic nitrogens is 4. The van der Waals surface area contributed by atoms with Gasteiger partial charge in [-0.25, -0.2) is 18.4 Å². The number of rotatable bonds is 7. The molecule has 1 unspecified atom stereocenters. The van der Waals surface area contributed by atoms with Gasteiger partial charge >= 0.3 is 0 Å². The van der Waals surface area contributed by atoms with Crippen LogP contribution in [-0.2, 0) is 9.84 Å². The first kappa shape index (κ1) is 26.3. The van der Waals surface area contributed by atoms with Crippen LogP contribution in [0.25, 0.3) is 11.4 Å². The Morgan fingerprint density at radius 2 is 1.92 bits per heavy atom. The van der Waals surface area contributed by atoms with E-state index in [4.69, 9.17) is 15.0 Å². The number of anilines is 1. The number of primary amides is 1. The Kier molecular flexibility index (Phi) is 6.59. The molecule has 5 rings (SSSR count). The average molecular weight is 549 g/mol. The zero-order valence-electron chi connectivity index (χ0n) is 22.0. The van der Waals surface area contributed by atoms with Gasteiger partial charge in [-0.2, -0.15) is 4.98 Å². The standard InChI is InChI=1S/C27H28N6O5S/c1-16-14-27(3,4)33(15-16)26-23(24(28)34)20(11-12-29-26)39(35,36)22-10-6-9-21(31-22)37-19-8-5-7-18(13-19)25-30-17(2)38-32-25/h5-13,16H,14-15H2,1-4H3,(H2,28,34). The molecule has 12 heteroatoms. The summed E-state index contributed by atoms with van der Waals surface area (Å²) in [7, 11) is -4.27. The van der Waals surface area contributed by atoms with Gasteiger partial charge in [0.2, 0.25) is 27.4 Å². The van der Waals surface area contributed by atoms with Crippen LogP contribution in [0.5, 0.6) is 11.6 Å². The van der Waals surface area contributed by atoms with Crippen molar-refractivity contribution in [1.29, 1.82) is 0 Å². The lowest BCUT2D eigenvalue weighted by atomic mass is 9.97. The number of ether oxygens (including phenoxy) is 1. The number of hydrogen-bond acceptors (Lipinski definition) is 10. The number of hydrogen-bond donors (Lipinski definition) is 1. The minimum atomic E-state index is -4.27. The van der Waals surface area contributed by atoms with E-state index in [1.54, 1.807) is 31.2 Å². The maximum atomic E-state index is 13.8. The molecule has 39 heavy (non-hydrogen) atoms. The predicted octanol–water partition coefficient (Wildman–Crippen LogP) is 4.18. The van der Waals surface area contributed by atoms with Crippen molar-refractivity contribution in [3.63, 3.8) is 0 Å². The molecule has 202 valence electrons. The summed E-state index contributed by atoms with van der Waals surface area (Å²) < 4.78 is 38.5. The number of nitrogens with zero attached hydrogens (tertiary/aromatic N) is 5. The summed E-state index contributed by atoms with van der Waals surface area (Å²) in [6.07, 6.45) is 2.23. The van der Waals surface area contributed by atoms with E-state index in [0.29, 0.717) is 35.5 Å². The fourth-order valence-electron chi connectivity index (χ4n) is 5.00. The maximum absolute atomic E-state index is 13.8. The number of aryl methyl sites for hydroxylation is 1. The highest BCUT2D eigenvalue weighted by atomic mass is 32.2. The Hall–Kier alpha value is -4.32. The van der Waals surface area contributed by atoms with Crippen molar-refractivity contribution in [1.82, 2.24) is 20.1 Å². The van der Waals surface area contributed by atoms with Crippen LogP contribution in [0.3, 0.4) is 0 Å². The lowest BCUT2D eigenvalue weighted by Crippen LogP contribution is -2.40. The smallest absolute Gasteiger partial charge is 0.253 e. The molecule has 0 spiro atoms. The number of nitrogens with two attached hydrogens (primary N) is 1. The van der Waals surface area contributed by atoms with Gasteiger partial charge in [-0.05, 0) is 50.5 Å². The minimum Gasteiger partial charge on any atom is -0.439 e. The molecular formula is C27H28N6O5S. The Labute approximate surface area is 226 Å². The van der Waals surface area contributed by atoms with Gasteiger partial charge in [-0.15, -0.1) is 0 Å². The highest BCUT2D eigenvalue weighted by molar-refractivity contribution is 7.91. The summed E-state index contributed by atoms with van der Waals surface area (Å²) in [5.41, 5.74) is 5.91. The summed E-state index contributed by atoms with van der Waals surface area (Å²) in [5, 5.41) is 3.61. The zero-order valence-corrected chi connectivity index (χ0v) is 22.8. The predicted molar refractivity (Wildman–Crippen MR) is 142 cm³/mol. The van der Waals surface area contributed by atoms with Gasteiger partial charge in [0.15, 0.2) is 5.03 Å². The van der Waals surface area contributed by atoms with Crippen molar-refractivity contribution in [3.05, 3.63) is 66.2 Å². The van der Waals surface area contributed by atoms with E-state index >= 15 is 0 Å². The van der Waals surface area contributed by atoms with Crippen LogP contribution in [0.15, 0.2) is 69.2 Å². The molecule has 1 fully saturated rings. The highest BCUT2D eigenvalue weighted by Gasteiger charge is 2.40. The lowest BCUT2D eigenvalue weighted by molar-refractivity contribution is 0.0997. The van der Waals surface area contributed by atoms with Gasteiger partial charge < -0.3 is 19.9 Å². The maximum Gasteiger partial charge on any atom is 0.253 e. The largest absolute Gasteiger partial charge is 0.439 e. The van der Waals surface area contributed by atoms with E-state index in [0.717, 1.165) is 6.42 Å². The summed E-state index contributed by atoms with van der Waals surface area (Å²) in [6, 6.07) is 12.6. The Morgan fingerprint density at radius 3 is 2.59 bits per heavy atom. The van der Waals surface area contributed by atoms with E-state index in [1.165, 1.54) is 30.5 Å². The lowest BCUT2D eigenvalue weighted by Gasteiger charge is -2.33. The Bertz CT molecular complexity index is 1670. The minimum absolute atomic E-state index is 0.0434. The summed E-state index contributed by atoms with van der Waals surface area (Å²) >= 11 is 0. The summed E-state index contributed by atoms with van der Waals surface area (Å²) in [5.74, 6) is 0.958. The number of carbonyl (C=O) groups excluding carboxylic acids is 1. The molecule has 11 nitrogen and oxygen atoms in total. The van der Waals surface area contributed by atoms with E-state index in [-0.39, 0.29) is 32.7 Å².